The lowest BCUT2D eigenvalue weighted by atomic mass is 10.3. The molecule has 0 unspecified atom stereocenters. The standard InChI is InChI=1S/C10H12N2OS/c1-12(10(13)5-2-6-11)8-9-4-3-7-14-9/h3-4,7H,2,5,8H2,1H3. The Morgan fingerprint density at radius 1 is 1.71 bits per heavy atom. The summed E-state index contributed by atoms with van der Waals surface area (Å²) in [5.74, 6) is 0.0277. The van der Waals surface area contributed by atoms with E-state index in [0.29, 0.717) is 19.4 Å². The first kappa shape index (κ1) is 10.7. The molecule has 0 spiro atoms. The molecule has 1 heterocycles. The molecule has 0 radical (unpaired) electrons. The molecule has 4 heteroatoms. The van der Waals surface area contributed by atoms with Gasteiger partial charge in [0.15, 0.2) is 0 Å². The van der Waals surface area contributed by atoms with Crippen molar-refractivity contribution in [1.82, 2.24) is 4.90 Å². The molecule has 0 saturated carbocycles. The van der Waals surface area contributed by atoms with Crippen LogP contribution in [0, 0.1) is 11.3 Å². The van der Waals surface area contributed by atoms with Crippen LogP contribution in [0.4, 0.5) is 0 Å². The van der Waals surface area contributed by atoms with E-state index in [0.717, 1.165) is 4.88 Å². The Hall–Kier alpha value is -1.34. The van der Waals surface area contributed by atoms with Gasteiger partial charge in [0.2, 0.25) is 5.91 Å². The molecule has 0 aliphatic heterocycles. The number of nitriles is 1. The second-order valence-corrected chi connectivity index (χ2v) is 4.02. The highest BCUT2D eigenvalue weighted by atomic mass is 32.1. The maximum Gasteiger partial charge on any atom is 0.223 e. The predicted molar refractivity (Wildman–Crippen MR) is 55.6 cm³/mol. The SMILES string of the molecule is CN(Cc1cccs1)C(=O)CCC#N. The summed E-state index contributed by atoms with van der Waals surface area (Å²) in [5.41, 5.74) is 0. The summed E-state index contributed by atoms with van der Waals surface area (Å²) >= 11 is 1.63. The van der Waals surface area contributed by atoms with Gasteiger partial charge in [-0.25, -0.2) is 0 Å². The molecule has 0 saturated heterocycles. The van der Waals surface area contributed by atoms with Gasteiger partial charge in [0, 0.05) is 24.8 Å². The van der Waals surface area contributed by atoms with Crippen molar-refractivity contribution < 1.29 is 4.79 Å². The molecular formula is C10H12N2OS. The summed E-state index contributed by atoms with van der Waals surface area (Å²) in [7, 11) is 1.76. The third-order valence-electron chi connectivity index (χ3n) is 1.85. The van der Waals surface area contributed by atoms with Crippen molar-refractivity contribution in [2.75, 3.05) is 7.05 Å². The van der Waals surface area contributed by atoms with E-state index in [9.17, 15) is 4.79 Å². The quantitative estimate of drug-likeness (QED) is 0.759. The van der Waals surface area contributed by atoms with Crippen LogP contribution in [-0.4, -0.2) is 17.9 Å². The second kappa shape index (κ2) is 5.40. The molecule has 1 aromatic rings. The van der Waals surface area contributed by atoms with Crippen molar-refractivity contribution in [3.05, 3.63) is 22.4 Å². The molecular weight excluding hydrogens is 196 g/mol. The van der Waals surface area contributed by atoms with Crippen LogP contribution in [0.15, 0.2) is 17.5 Å². The van der Waals surface area contributed by atoms with Gasteiger partial charge in [-0.15, -0.1) is 11.3 Å². The van der Waals surface area contributed by atoms with Gasteiger partial charge in [0.25, 0.3) is 0 Å². The van der Waals surface area contributed by atoms with Gasteiger partial charge in [-0.2, -0.15) is 5.26 Å². The number of rotatable bonds is 4. The Morgan fingerprint density at radius 2 is 2.50 bits per heavy atom. The monoisotopic (exact) mass is 208 g/mol. The molecule has 1 amide bonds. The summed E-state index contributed by atoms with van der Waals surface area (Å²) in [5, 5.41) is 10.3. The maximum atomic E-state index is 11.4. The minimum atomic E-state index is 0.0277. The zero-order valence-electron chi connectivity index (χ0n) is 8.06. The molecule has 0 fully saturated rings. The molecule has 0 aliphatic carbocycles. The normalized spacial score (nSPS) is 9.43. The Kier molecular flexibility index (Phi) is 4.14. The predicted octanol–water partition coefficient (Wildman–Crippen LogP) is 2.01. The molecule has 74 valence electrons. The summed E-state index contributed by atoms with van der Waals surface area (Å²) < 4.78 is 0. The topological polar surface area (TPSA) is 44.1 Å². The number of hydrogen-bond donors (Lipinski definition) is 0. The van der Waals surface area contributed by atoms with Gasteiger partial charge in [0.05, 0.1) is 12.6 Å². The van der Waals surface area contributed by atoms with Gasteiger partial charge in [0.1, 0.15) is 0 Å². The molecule has 1 aromatic heterocycles. The molecule has 0 aliphatic rings. The van der Waals surface area contributed by atoms with Crippen molar-refractivity contribution in [2.24, 2.45) is 0 Å². The Labute approximate surface area is 87.6 Å². The molecule has 3 nitrogen and oxygen atoms in total. The number of thiophene rings is 1. The number of amides is 1. The Balaban J connectivity index is 2.39. The molecule has 14 heavy (non-hydrogen) atoms. The van der Waals surface area contributed by atoms with E-state index < -0.39 is 0 Å². The zero-order valence-corrected chi connectivity index (χ0v) is 8.88. The third kappa shape index (κ3) is 3.19. The fourth-order valence-corrected chi connectivity index (χ4v) is 1.84. The lowest BCUT2D eigenvalue weighted by Gasteiger charge is -2.15. The molecule has 1 rings (SSSR count). The Morgan fingerprint density at radius 3 is 3.07 bits per heavy atom. The number of nitrogens with zero attached hydrogens (tertiary/aromatic N) is 2. The summed E-state index contributed by atoms with van der Waals surface area (Å²) in [4.78, 5) is 14.2. The number of hydrogen-bond acceptors (Lipinski definition) is 3. The highest BCUT2D eigenvalue weighted by molar-refractivity contribution is 7.09. The van der Waals surface area contributed by atoms with Crippen molar-refractivity contribution in [2.45, 2.75) is 19.4 Å². The van der Waals surface area contributed by atoms with Crippen molar-refractivity contribution in [3.63, 3.8) is 0 Å². The van der Waals surface area contributed by atoms with Crippen molar-refractivity contribution in [1.29, 1.82) is 5.26 Å². The lowest BCUT2D eigenvalue weighted by Crippen LogP contribution is -2.25. The number of carbonyl (C=O) groups is 1. The minimum Gasteiger partial charge on any atom is -0.341 e. The van der Waals surface area contributed by atoms with Crippen LogP contribution in [0.3, 0.4) is 0 Å². The minimum absolute atomic E-state index is 0.0277. The highest BCUT2D eigenvalue weighted by Crippen LogP contribution is 2.11. The van der Waals surface area contributed by atoms with E-state index in [4.69, 9.17) is 5.26 Å². The lowest BCUT2D eigenvalue weighted by molar-refractivity contribution is -0.130. The first-order chi connectivity index (χ1) is 6.74. The maximum absolute atomic E-state index is 11.4. The van der Waals surface area contributed by atoms with Crippen LogP contribution in [0.1, 0.15) is 17.7 Å². The smallest absolute Gasteiger partial charge is 0.223 e. The van der Waals surface area contributed by atoms with Gasteiger partial charge in [-0.05, 0) is 11.4 Å². The Bertz CT molecular complexity index is 326. The van der Waals surface area contributed by atoms with Crippen LogP contribution in [0.5, 0.6) is 0 Å². The van der Waals surface area contributed by atoms with E-state index in [2.05, 4.69) is 0 Å². The van der Waals surface area contributed by atoms with E-state index >= 15 is 0 Å². The van der Waals surface area contributed by atoms with Crippen molar-refractivity contribution >= 4 is 17.2 Å². The van der Waals surface area contributed by atoms with Crippen LogP contribution < -0.4 is 0 Å². The second-order valence-electron chi connectivity index (χ2n) is 2.99. The first-order valence-corrected chi connectivity index (χ1v) is 5.25. The molecule has 0 aromatic carbocycles. The molecule has 0 bridgehead atoms. The van der Waals surface area contributed by atoms with E-state index in [1.807, 2.05) is 23.6 Å². The van der Waals surface area contributed by atoms with Crippen LogP contribution in [0.25, 0.3) is 0 Å². The van der Waals surface area contributed by atoms with E-state index in [1.54, 1.807) is 23.3 Å². The van der Waals surface area contributed by atoms with Gasteiger partial charge >= 0.3 is 0 Å². The highest BCUT2D eigenvalue weighted by Gasteiger charge is 2.08. The van der Waals surface area contributed by atoms with Gasteiger partial charge in [-0.1, -0.05) is 6.07 Å². The zero-order chi connectivity index (χ0) is 10.4. The van der Waals surface area contributed by atoms with E-state index in [-0.39, 0.29) is 5.91 Å². The molecule has 0 atom stereocenters. The van der Waals surface area contributed by atoms with E-state index in [1.165, 1.54) is 0 Å². The number of carbonyl (C=O) groups excluding carboxylic acids is 1. The fourth-order valence-electron chi connectivity index (χ4n) is 1.08. The van der Waals surface area contributed by atoms with Gasteiger partial charge in [-0.3, -0.25) is 4.79 Å². The van der Waals surface area contributed by atoms with Crippen LogP contribution in [0.2, 0.25) is 0 Å². The first-order valence-electron chi connectivity index (χ1n) is 4.37. The summed E-state index contributed by atoms with van der Waals surface area (Å²) in [6.07, 6.45) is 0.617. The largest absolute Gasteiger partial charge is 0.341 e. The summed E-state index contributed by atoms with van der Waals surface area (Å²) in [6, 6.07) is 5.93. The summed E-state index contributed by atoms with van der Waals surface area (Å²) in [6.45, 7) is 0.641. The van der Waals surface area contributed by atoms with Crippen LogP contribution in [-0.2, 0) is 11.3 Å². The molecule has 0 N–H and O–H groups in total. The third-order valence-corrected chi connectivity index (χ3v) is 2.71. The van der Waals surface area contributed by atoms with Gasteiger partial charge < -0.3 is 4.90 Å². The average Bonchev–Trinajstić information content (AvgIpc) is 2.66. The average molecular weight is 208 g/mol. The fraction of sp³-hybridized carbons (Fsp3) is 0.400. The van der Waals surface area contributed by atoms with Crippen molar-refractivity contribution in [3.8, 4) is 6.07 Å². The van der Waals surface area contributed by atoms with Crippen LogP contribution >= 0.6 is 11.3 Å².